The number of rotatable bonds is 8. The van der Waals surface area contributed by atoms with Gasteiger partial charge >= 0.3 is 11.9 Å². The highest BCUT2D eigenvalue weighted by molar-refractivity contribution is 6.07. The molecule has 25 heavy (non-hydrogen) atoms. The normalized spacial score (nSPS) is 11.2. The molecule has 2 N–H and O–H groups in total. The first kappa shape index (κ1) is 18.4. The second-order valence-corrected chi connectivity index (χ2v) is 5.29. The number of nitrogens with one attached hydrogen (secondary N) is 2. The number of aromatic amines is 1. The molecule has 8 heteroatoms. The predicted octanol–water partition coefficient (Wildman–Crippen LogP) is 1.46. The summed E-state index contributed by atoms with van der Waals surface area (Å²) in [6.45, 7) is 3.19. The summed E-state index contributed by atoms with van der Waals surface area (Å²) >= 11 is 0. The van der Waals surface area contributed by atoms with Gasteiger partial charge in [-0.2, -0.15) is 0 Å². The van der Waals surface area contributed by atoms with Gasteiger partial charge in [-0.3, -0.25) is 4.79 Å². The quantitative estimate of drug-likeness (QED) is 0.427. The Kier molecular flexibility index (Phi) is 5.74. The van der Waals surface area contributed by atoms with Crippen molar-refractivity contribution in [3.63, 3.8) is 0 Å². The Morgan fingerprint density at radius 2 is 1.88 bits per heavy atom. The van der Waals surface area contributed by atoms with E-state index in [-0.39, 0.29) is 26.0 Å². The number of carbonyl (C=O) groups is 3. The number of ether oxygens (including phenoxy) is 2. The zero-order chi connectivity index (χ0) is 18.4. The molecule has 0 atom stereocenters. The number of benzene rings is 1. The van der Waals surface area contributed by atoms with Gasteiger partial charge in [0.25, 0.3) is 0 Å². The summed E-state index contributed by atoms with van der Waals surface area (Å²) in [6, 6.07) is 4.11. The fourth-order valence-corrected chi connectivity index (χ4v) is 2.59. The van der Waals surface area contributed by atoms with E-state index in [0.717, 1.165) is 0 Å². The molecule has 1 aromatic heterocycles. The molecule has 134 valence electrons. The maximum absolute atomic E-state index is 13.6. The molecule has 0 aliphatic heterocycles. The molecule has 0 unspecified atom stereocenters. The predicted molar refractivity (Wildman–Crippen MR) is 87.2 cm³/mol. The largest absolute Gasteiger partial charge is 0.464 e. The highest BCUT2D eigenvalue weighted by Gasteiger charge is 2.49. The van der Waals surface area contributed by atoms with Crippen LogP contribution in [0.1, 0.15) is 19.4 Å². The summed E-state index contributed by atoms with van der Waals surface area (Å²) in [5, 5.41) is 2.74. The van der Waals surface area contributed by atoms with Crippen molar-refractivity contribution in [2.75, 3.05) is 13.2 Å². The van der Waals surface area contributed by atoms with E-state index in [4.69, 9.17) is 9.47 Å². The molecule has 0 spiro atoms. The Bertz CT molecular complexity index is 768. The first-order chi connectivity index (χ1) is 12.0. The molecule has 1 heterocycles. The van der Waals surface area contributed by atoms with E-state index in [1.807, 2.05) is 0 Å². The highest BCUT2D eigenvalue weighted by Crippen LogP contribution is 2.25. The van der Waals surface area contributed by atoms with E-state index in [1.54, 1.807) is 20.0 Å². The molecular weight excluding hydrogens is 331 g/mol. The van der Waals surface area contributed by atoms with E-state index in [2.05, 4.69) is 10.3 Å². The van der Waals surface area contributed by atoms with Gasteiger partial charge in [-0.15, -0.1) is 0 Å². The van der Waals surface area contributed by atoms with E-state index < -0.39 is 23.3 Å². The molecule has 0 saturated heterocycles. The molecule has 1 amide bonds. The molecule has 0 radical (unpaired) electrons. The second-order valence-electron chi connectivity index (χ2n) is 5.29. The summed E-state index contributed by atoms with van der Waals surface area (Å²) < 4.78 is 23.5. The van der Waals surface area contributed by atoms with Crippen LogP contribution in [0.15, 0.2) is 24.4 Å². The van der Waals surface area contributed by atoms with Crippen LogP contribution < -0.4 is 5.32 Å². The number of H-pyrrole nitrogens is 1. The third-order valence-corrected chi connectivity index (χ3v) is 3.74. The van der Waals surface area contributed by atoms with Crippen LogP contribution in [0, 0.1) is 5.82 Å². The average Bonchev–Trinajstić information content (AvgIpc) is 2.96. The molecule has 0 bridgehead atoms. The minimum Gasteiger partial charge on any atom is -0.464 e. The molecule has 2 aromatic rings. The molecule has 1 aromatic carbocycles. The molecule has 0 fully saturated rings. The third kappa shape index (κ3) is 3.62. The van der Waals surface area contributed by atoms with E-state index in [0.29, 0.717) is 16.5 Å². The summed E-state index contributed by atoms with van der Waals surface area (Å²) in [4.78, 5) is 39.0. The SMILES string of the molecule is CCOC(=O)C(Cc1c[nH]c2ccc(F)cc12)(NC=O)C(=O)OCC. The lowest BCUT2D eigenvalue weighted by atomic mass is 9.90. The van der Waals surface area contributed by atoms with Gasteiger partial charge in [-0.25, -0.2) is 14.0 Å². The van der Waals surface area contributed by atoms with Crippen LogP contribution in [0.5, 0.6) is 0 Å². The van der Waals surface area contributed by atoms with Crippen LogP contribution >= 0.6 is 0 Å². The molecule has 7 nitrogen and oxygen atoms in total. The van der Waals surface area contributed by atoms with E-state index in [1.165, 1.54) is 18.2 Å². The van der Waals surface area contributed by atoms with E-state index >= 15 is 0 Å². The van der Waals surface area contributed by atoms with Crippen LogP contribution in [0.2, 0.25) is 0 Å². The third-order valence-electron chi connectivity index (χ3n) is 3.74. The summed E-state index contributed by atoms with van der Waals surface area (Å²) in [6.07, 6.45) is 1.54. The molecule has 0 aliphatic rings. The first-order valence-electron chi connectivity index (χ1n) is 7.79. The van der Waals surface area contributed by atoms with Crippen LogP contribution in [-0.4, -0.2) is 42.1 Å². The van der Waals surface area contributed by atoms with Crippen molar-refractivity contribution in [3.05, 3.63) is 35.8 Å². The smallest absolute Gasteiger partial charge is 0.344 e. The summed E-state index contributed by atoms with van der Waals surface area (Å²) in [7, 11) is 0. The first-order valence-corrected chi connectivity index (χ1v) is 7.79. The van der Waals surface area contributed by atoms with Crippen LogP contribution in [0.25, 0.3) is 10.9 Å². The number of esters is 2. The maximum atomic E-state index is 13.6. The number of amides is 1. The second kappa shape index (κ2) is 7.78. The molecule has 0 aliphatic carbocycles. The zero-order valence-electron chi connectivity index (χ0n) is 13.9. The molecule has 0 saturated carbocycles. The van der Waals surface area contributed by atoms with Gasteiger partial charge in [0.15, 0.2) is 0 Å². The lowest BCUT2D eigenvalue weighted by Gasteiger charge is -2.28. The Morgan fingerprint density at radius 3 is 2.44 bits per heavy atom. The van der Waals surface area contributed by atoms with Gasteiger partial charge in [-0.1, -0.05) is 0 Å². The highest BCUT2D eigenvalue weighted by atomic mass is 19.1. The van der Waals surface area contributed by atoms with Gasteiger partial charge in [0.1, 0.15) is 5.82 Å². The van der Waals surface area contributed by atoms with Gasteiger partial charge in [0.05, 0.1) is 13.2 Å². The molecule has 2 rings (SSSR count). The van der Waals surface area contributed by atoms with Crippen molar-refractivity contribution < 1.29 is 28.2 Å². The number of hydrogen-bond acceptors (Lipinski definition) is 5. The number of carbonyl (C=O) groups excluding carboxylic acids is 3. The van der Waals surface area contributed by atoms with Crippen molar-refractivity contribution in [2.24, 2.45) is 0 Å². The summed E-state index contributed by atoms with van der Waals surface area (Å²) in [5.74, 6) is -2.34. The van der Waals surface area contributed by atoms with Gasteiger partial charge in [-0.05, 0) is 37.6 Å². The van der Waals surface area contributed by atoms with Crippen molar-refractivity contribution in [2.45, 2.75) is 25.8 Å². The van der Waals surface area contributed by atoms with Crippen LogP contribution in [0.4, 0.5) is 4.39 Å². The number of aromatic nitrogens is 1. The Morgan fingerprint density at radius 1 is 1.24 bits per heavy atom. The fraction of sp³-hybridized carbons (Fsp3) is 0.353. The van der Waals surface area contributed by atoms with Crippen molar-refractivity contribution in [3.8, 4) is 0 Å². The fourth-order valence-electron chi connectivity index (χ4n) is 2.59. The standard InChI is InChI=1S/C17H19FN2O5/c1-3-24-15(22)17(20-10-21,16(23)25-4-2)8-11-9-19-14-6-5-12(18)7-13(11)14/h5-7,9-10,19H,3-4,8H2,1-2H3,(H,20,21). The Hall–Kier alpha value is -2.90. The van der Waals surface area contributed by atoms with Crippen LogP contribution in [0.3, 0.4) is 0 Å². The van der Waals surface area contributed by atoms with Crippen molar-refractivity contribution in [1.29, 1.82) is 0 Å². The number of halogens is 1. The van der Waals surface area contributed by atoms with Crippen molar-refractivity contribution in [1.82, 2.24) is 10.3 Å². The van der Waals surface area contributed by atoms with Gasteiger partial charge in [0, 0.05) is 23.5 Å². The van der Waals surface area contributed by atoms with Crippen LogP contribution in [-0.2, 0) is 30.3 Å². The topological polar surface area (TPSA) is 97.5 Å². The Balaban J connectivity index is 2.52. The number of hydrogen-bond donors (Lipinski definition) is 2. The minimum absolute atomic E-state index is 0.0169. The zero-order valence-corrected chi connectivity index (χ0v) is 13.9. The lowest BCUT2D eigenvalue weighted by Crippen LogP contribution is -2.60. The van der Waals surface area contributed by atoms with Gasteiger partial charge in [0.2, 0.25) is 11.9 Å². The monoisotopic (exact) mass is 350 g/mol. The summed E-state index contributed by atoms with van der Waals surface area (Å²) in [5.41, 5.74) is -0.955. The Labute approximate surface area is 143 Å². The molecular formula is C17H19FN2O5. The maximum Gasteiger partial charge on any atom is 0.344 e. The van der Waals surface area contributed by atoms with Gasteiger partial charge < -0.3 is 19.8 Å². The minimum atomic E-state index is -2.05. The van der Waals surface area contributed by atoms with E-state index in [9.17, 15) is 18.8 Å². The number of fused-ring (bicyclic) bond motifs is 1. The lowest BCUT2D eigenvalue weighted by molar-refractivity contribution is -0.167. The van der Waals surface area contributed by atoms with Crippen molar-refractivity contribution >= 4 is 29.3 Å². The average molecular weight is 350 g/mol.